The summed E-state index contributed by atoms with van der Waals surface area (Å²) in [6, 6.07) is 15.7. The first kappa shape index (κ1) is 20.4. The van der Waals surface area contributed by atoms with Gasteiger partial charge in [0.1, 0.15) is 5.75 Å². The highest BCUT2D eigenvalue weighted by Crippen LogP contribution is 2.27. The van der Waals surface area contributed by atoms with Crippen LogP contribution in [0, 0.1) is 5.92 Å². The lowest BCUT2D eigenvalue weighted by Crippen LogP contribution is -2.45. The van der Waals surface area contributed by atoms with Gasteiger partial charge >= 0.3 is 0 Å². The molecule has 150 valence electrons. The predicted molar refractivity (Wildman–Crippen MR) is 107 cm³/mol. The number of carbonyl (C=O) groups is 1. The standard InChI is InChI=1S/C21H26N2O4S/c1-16(19-12-6-7-13-20(19)27-2)22-21(24)17-9-8-14-23(15-17)28(25,26)18-10-4-3-5-11-18/h3-7,10-13,16-17H,8-9,14-15H2,1-2H3,(H,22,24)/t16-,17-/m0/s1. The highest BCUT2D eigenvalue weighted by atomic mass is 32.2. The van der Waals surface area contributed by atoms with Gasteiger partial charge in [0.25, 0.3) is 0 Å². The van der Waals surface area contributed by atoms with Crippen molar-refractivity contribution >= 4 is 15.9 Å². The van der Waals surface area contributed by atoms with E-state index < -0.39 is 10.0 Å². The van der Waals surface area contributed by atoms with Crippen molar-refractivity contribution in [1.29, 1.82) is 0 Å². The van der Waals surface area contributed by atoms with Crippen LogP contribution in [0.25, 0.3) is 0 Å². The molecule has 3 rings (SSSR count). The molecule has 2 aromatic carbocycles. The molecule has 1 aliphatic heterocycles. The lowest BCUT2D eigenvalue weighted by Gasteiger charge is -2.32. The van der Waals surface area contributed by atoms with E-state index in [2.05, 4.69) is 5.32 Å². The van der Waals surface area contributed by atoms with E-state index in [0.29, 0.717) is 25.1 Å². The number of sulfonamides is 1. The third-order valence-electron chi connectivity index (χ3n) is 5.10. The van der Waals surface area contributed by atoms with E-state index in [-0.39, 0.29) is 29.3 Å². The first-order valence-electron chi connectivity index (χ1n) is 9.42. The number of para-hydroxylation sites is 1. The molecule has 0 spiro atoms. The number of carbonyl (C=O) groups excluding carboxylic acids is 1. The van der Waals surface area contributed by atoms with Crippen molar-refractivity contribution < 1.29 is 17.9 Å². The zero-order valence-corrected chi connectivity index (χ0v) is 17.0. The van der Waals surface area contributed by atoms with E-state index in [4.69, 9.17) is 4.74 Å². The lowest BCUT2D eigenvalue weighted by atomic mass is 9.97. The zero-order valence-electron chi connectivity index (χ0n) is 16.2. The summed E-state index contributed by atoms with van der Waals surface area (Å²) < 4.78 is 32.5. The summed E-state index contributed by atoms with van der Waals surface area (Å²) in [6.07, 6.45) is 1.33. The highest BCUT2D eigenvalue weighted by molar-refractivity contribution is 7.89. The van der Waals surface area contributed by atoms with Crippen LogP contribution in [0.4, 0.5) is 0 Å². The molecule has 0 radical (unpaired) electrons. The average Bonchev–Trinajstić information content (AvgIpc) is 2.74. The van der Waals surface area contributed by atoms with Crippen LogP contribution in [0.5, 0.6) is 5.75 Å². The van der Waals surface area contributed by atoms with Crippen molar-refractivity contribution in [1.82, 2.24) is 9.62 Å². The molecule has 0 bridgehead atoms. The molecule has 1 amide bonds. The Bertz CT molecular complexity index is 915. The van der Waals surface area contributed by atoms with Gasteiger partial charge in [-0.05, 0) is 38.0 Å². The van der Waals surface area contributed by atoms with Gasteiger partial charge in [0.05, 0.1) is 24.0 Å². The summed E-state index contributed by atoms with van der Waals surface area (Å²) in [4.78, 5) is 13.1. The minimum Gasteiger partial charge on any atom is -0.496 e. The summed E-state index contributed by atoms with van der Waals surface area (Å²) in [7, 11) is -1.99. The fourth-order valence-corrected chi connectivity index (χ4v) is 5.09. The SMILES string of the molecule is COc1ccccc1[C@H](C)NC(=O)[C@H]1CCCN(S(=O)(=O)c2ccccc2)C1. The molecule has 0 aliphatic carbocycles. The maximum absolute atomic E-state index is 12.9. The summed E-state index contributed by atoms with van der Waals surface area (Å²) >= 11 is 0. The third-order valence-corrected chi connectivity index (χ3v) is 6.98. The number of hydrogen-bond donors (Lipinski definition) is 1. The molecule has 1 saturated heterocycles. The molecule has 1 N–H and O–H groups in total. The number of ether oxygens (including phenoxy) is 1. The van der Waals surface area contributed by atoms with Crippen molar-refractivity contribution in [2.24, 2.45) is 5.92 Å². The minimum atomic E-state index is -3.59. The van der Waals surface area contributed by atoms with Crippen molar-refractivity contribution in [2.45, 2.75) is 30.7 Å². The fraction of sp³-hybridized carbons (Fsp3) is 0.381. The van der Waals surface area contributed by atoms with Crippen LogP contribution in [-0.2, 0) is 14.8 Å². The zero-order chi connectivity index (χ0) is 20.1. The minimum absolute atomic E-state index is 0.133. The molecule has 2 aromatic rings. The first-order valence-corrected chi connectivity index (χ1v) is 10.9. The Hall–Kier alpha value is -2.38. The number of methoxy groups -OCH3 is 1. The summed E-state index contributed by atoms with van der Waals surface area (Å²) in [5, 5.41) is 3.01. The van der Waals surface area contributed by atoms with Crippen LogP contribution in [-0.4, -0.2) is 38.8 Å². The molecule has 6 nitrogen and oxygen atoms in total. The summed E-state index contributed by atoms with van der Waals surface area (Å²) in [5.41, 5.74) is 0.892. The van der Waals surface area contributed by atoms with Gasteiger partial charge in [-0.15, -0.1) is 0 Å². The molecule has 1 heterocycles. The number of nitrogens with one attached hydrogen (secondary N) is 1. The molecule has 2 atom stereocenters. The summed E-state index contributed by atoms with van der Waals surface area (Å²) in [6.45, 7) is 2.53. The maximum atomic E-state index is 12.9. The molecule has 1 fully saturated rings. The number of hydrogen-bond acceptors (Lipinski definition) is 4. The Morgan fingerprint density at radius 2 is 1.82 bits per heavy atom. The number of piperidine rings is 1. The van der Waals surface area contributed by atoms with E-state index in [0.717, 1.165) is 5.56 Å². The quantitative estimate of drug-likeness (QED) is 0.806. The van der Waals surface area contributed by atoms with Crippen LogP contribution in [0.3, 0.4) is 0 Å². The van der Waals surface area contributed by atoms with Gasteiger partial charge in [0.15, 0.2) is 0 Å². The van der Waals surface area contributed by atoms with Crippen LogP contribution in [0.15, 0.2) is 59.5 Å². The molecule has 0 saturated carbocycles. The van der Waals surface area contributed by atoms with Gasteiger partial charge in [0, 0.05) is 18.7 Å². The average molecular weight is 403 g/mol. The second-order valence-corrected chi connectivity index (χ2v) is 8.93. The Kier molecular flexibility index (Phi) is 6.36. The Balaban J connectivity index is 1.69. The van der Waals surface area contributed by atoms with Crippen molar-refractivity contribution in [3.63, 3.8) is 0 Å². The largest absolute Gasteiger partial charge is 0.496 e. The number of nitrogens with zero attached hydrogens (tertiary/aromatic N) is 1. The normalized spacial score (nSPS) is 19.0. The molecule has 7 heteroatoms. The van der Waals surface area contributed by atoms with Crippen LogP contribution < -0.4 is 10.1 Å². The van der Waals surface area contributed by atoms with Crippen LogP contribution >= 0.6 is 0 Å². The van der Waals surface area contributed by atoms with Crippen LogP contribution in [0.2, 0.25) is 0 Å². The van der Waals surface area contributed by atoms with E-state index in [1.54, 1.807) is 37.4 Å². The Morgan fingerprint density at radius 1 is 1.14 bits per heavy atom. The summed E-state index contributed by atoms with van der Waals surface area (Å²) in [5.74, 6) is 0.211. The number of benzene rings is 2. The maximum Gasteiger partial charge on any atom is 0.243 e. The highest BCUT2D eigenvalue weighted by Gasteiger charge is 2.33. The lowest BCUT2D eigenvalue weighted by molar-refractivity contribution is -0.126. The molecule has 0 unspecified atom stereocenters. The molecular formula is C21H26N2O4S. The van der Waals surface area contributed by atoms with Gasteiger partial charge in [-0.25, -0.2) is 8.42 Å². The molecule has 28 heavy (non-hydrogen) atoms. The van der Waals surface area contributed by atoms with Gasteiger partial charge in [0.2, 0.25) is 15.9 Å². The van der Waals surface area contributed by atoms with E-state index >= 15 is 0 Å². The molecule has 1 aliphatic rings. The topological polar surface area (TPSA) is 75.7 Å². The Labute approximate surface area is 166 Å². The molecule has 0 aromatic heterocycles. The van der Waals surface area contributed by atoms with Crippen molar-refractivity contribution in [3.8, 4) is 5.75 Å². The monoisotopic (exact) mass is 402 g/mol. The van der Waals surface area contributed by atoms with E-state index in [9.17, 15) is 13.2 Å². The van der Waals surface area contributed by atoms with Gasteiger partial charge in [-0.3, -0.25) is 4.79 Å². The van der Waals surface area contributed by atoms with E-state index in [1.807, 2.05) is 31.2 Å². The third kappa shape index (κ3) is 4.36. The van der Waals surface area contributed by atoms with Crippen molar-refractivity contribution in [3.05, 3.63) is 60.2 Å². The number of amides is 1. The smallest absolute Gasteiger partial charge is 0.243 e. The van der Waals surface area contributed by atoms with Gasteiger partial charge in [-0.1, -0.05) is 36.4 Å². The fourth-order valence-electron chi connectivity index (χ4n) is 3.55. The molecular weight excluding hydrogens is 376 g/mol. The first-order chi connectivity index (χ1) is 13.4. The second-order valence-electron chi connectivity index (χ2n) is 6.99. The number of rotatable bonds is 6. The van der Waals surface area contributed by atoms with Crippen LogP contribution in [0.1, 0.15) is 31.4 Å². The second kappa shape index (κ2) is 8.75. The predicted octanol–water partition coefficient (Wildman–Crippen LogP) is 2.97. The Morgan fingerprint density at radius 3 is 2.54 bits per heavy atom. The van der Waals surface area contributed by atoms with Gasteiger partial charge < -0.3 is 10.1 Å². The van der Waals surface area contributed by atoms with E-state index in [1.165, 1.54) is 4.31 Å². The van der Waals surface area contributed by atoms with Gasteiger partial charge in [-0.2, -0.15) is 4.31 Å². The van der Waals surface area contributed by atoms with Crippen molar-refractivity contribution in [2.75, 3.05) is 20.2 Å².